The van der Waals surface area contributed by atoms with Crippen LogP contribution in [0.2, 0.25) is 0 Å². The predicted octanol–water partition coefficient (Wildman–Crippen LogP) is 3.19. The molecule has 3 aliphatic rings. The Morgan fingerprint density at radius 3 is 2.26 bits per heavy atom. The fourth-order valence-corrected chi connectivity index (χ4v) is 6.62. The molecule has 1 aromatic carbocycles. The minimum absolute atomic E-state index is 0.166. The van der Waals surface area contributed by atoms with Gasteiger partial charge in [-0.1, -0.05) is 42.3 Å². The molecule has 3 heterocycles. The van der Waals surface area contributed by atoms with E-state index in [4.69, 9.17) is 9.31 Å². The Hall–Kier alpha value is -1.11. The van der Waals surface area contributed by atoms with E-state index < -0.39 is 9.84 Å². The number of hydrogen-bond donors (Lipinski definition) is 0. The summed E-state index contributed by atoms with van der Waals surface area (Å²) in [5, 5.41) is -0.427. The maximum absolute atomic E-state index is 12.4. The summed E-state index contributed by atoms with van der Waals surface area (Å²) in [6.07, 6.45) is 6.17. The Kier molecular flexibility index (Phi) is 4.60. The van der Waals surface area contributed by atoms with E-state index in [1.807, 2.05) is 6.08 Å². The lowest BCUT2D eigenvalue weighted by atomic mass is 9.78. The van der Waals surface area contributed by atoms with E-state index in [1.54, 1.807) is 0 Å². The summed E-state index contributed by atoms with van der Waals surface area (Å²) >= 11 is 0. The largest absolute Gasteiger partial charge is 0.494 e. The van der Waals surface area contributed by atoms with Crippen LogP contribution >= 0.6 is 0 Å². The minimum atomic E-state index is -2.94. The van der Waals surface area contributed by atoms with E-state index in [-0.39, 0.29) is 28.8 Å². The summed E-state index contributed by atoms with van der Waals surface area (Å²) in [7, 11) is -3.29. The van der Waals surface area contributed by atoms with Gasteiger partial charge in [0.2, 0.25) is 0 Å². The molecule has 0 amide bonds. The van der Waals surface area contributed by atoms with Gasteiger partial charge in [0.1, 0.15) is 0 Å². The summed E-state index contributed by atoms with van der Waals surface area (Å²) < 4.78 is 37.1. The van der Waals surface area contributed by atoms with Crippen molar-refractivity contribution in [2.75, 3.05) is 0 Å². The molecule has 2 saturated heterocycles. The van der Waals surface area contributed by atoms with Crippen molar-refractivity contribution in [3.63, 3.8) is 0 Å². The molecule has 0 aromatic heterocycles. The second-order valence-corrected chi connectivity index (χ2v) is 11.7. The maximum Gasteiger partial charge on any atom is 0.494 e. The Bertz CT molecular complexity index is 839. The van der Waals surface area contributed by atoms with Gasteiger partial charge in [-0.25, -0.2) is 8.42 Å². The van der Waals surface area contributed by atoms with Gasteiger partial charge in [-0.3, -0.25) is 0 Å². The van der Waals surface area contributed by atoms with Gasteiger partial charge in [-0.2, -0.15) is 0 Å². The molecule has 1 aromatic rings. The molecule has 2 bridgehead atoms. The van der Waals surface area contributed by atoms with Crippen molar-refractivity contribution in [3.05, 3.63) is 41.5 Å². The summed E-state index contributed by atoms with van der Waals surface area (Å²) in [5.74, 6) is 0. The molecule has 2 fully saturated rings. The Morgan fingerprint density at radius 2 is 1.67 bits per heavy atom. The number of sulfone groups is 1. The first-order valence-corrected chi connectivity index (χ1v) is 11.6. The fraction of sp³-hybridized carbons (Fsp3) is 0.619. The van der Waals surface area contributed by atoms with Gasteiger partial charge < -0.3 is 9.31 Å². The smallest absolute Gasteiger partial charge is 0.399 e. The van der Waals surface area contributed by atoms with Gasteiger partial charge in [0, 0.05) is 0 Å². The van der Waals surface area contributed by atoms with Crippen molar-refractivity contribution >= 4 is 22.4 Å². The first-order valence-electron chi connectivity index (χ1n) is 9.95. The Balaban J connectivity index is 1.47. The molecular weight excluding hydrogens is 359 g/mol. The third-order valence-corrected chi connectivity index (χ3v) is 9.30. The van der Waals surface area contributed by atoms with Crippen molar-refractivity contribution in [1.29, 1.82) is 0 Å². The van der Waals surface area contributed by atoms with Crippen molar-refractivity contribution in [3.8, 4) is 0 Å². The predicted molar refractivity (Wildman–Crippen MR) is 109 cm³/mol. The lowest BCUT2D eigenvalue weighted by molar-refractivity contribution is 0.00578. The minimum Gasteiger partial charge on any atom is -0.399 e. The van der Waals surface area contributed by atoms with Gasteiger partial charge in [-0.15, -0.1) is 0 Å². The van der Waals surface area contributed by atoms with E-state index in [2.05, 4.69) is 52.0 Å². The first kappa shape index (κ1) is 19.2. The highest BCUT2D eigenvalue weighted by Gasteiger charge is 2.51. The third kappa shape index (κ3) is 3.41. The molecule has 4 nitrogen and oxygen atoms in total. The van der Waals surface area contributed by atoms with Crippen LogP contribution < -0.4 is 5.46 Å². The molecule has 2 atom stereocenters. The Morgan fingerprint density at radius 1 is 1.04 bits per heavy atom. The van der Waals surface area contributed by atoms with Crippen LogP contribution in [0.1, 0.15) is 58.9 Å². The van der Waals surface area contributed by atoms with Crippen molar-refractivity contribution in [2.24, 2.45) is 0 Å². The van der Waals surface area contributed by atoms with Crippen LogP contribution in [0.3, 0.4) is 0 Å². The zero-order valence-electron chi connectivity index (χ0n) is 16.7. The molecule has 2 unspecified atom stereocenters. The standard InChI is InChI=1S/C21H29BO4S/c1-20(2)21(3,4)26-22(25-20)17-10-8-15(9-11-17)12-16-13-18-6-5-7-19(14-16)27(18,23)24/h8-11,13,18-19H,5-7,12,14H2,1-4H3. The molecule has 0 aliphatic carbocycles. The van der Waals surface area contributed by atoms with E-state index in [0.717, 1.165) is 31.1 Å². The highest BCUT2D eigenvalue weighted by atomic mass is 32.2. The lowest BCUT2D eigenvalue weighted by Gasteiger charge is -2.33. The van der Waals surface area contributed by atoms with Gasteiger partial charge in [0.15, 0.2) is 9.84 Å². The zero-order chi connectivity index (χ0) is 19.4. The number of benzene rings is 1. The SMILES string of the molecule is CC1(C)OB(c2ccc(CC3=CC4CCCC(C3)S4(=O)=O)cc2)OC1(C)C. The fourth-order valence-electron chi connectivity index (χ4n) is 4.31. The number of fused-ring (bicyclic) bond motifs is 2. The van der Waals surface area contributed by atoms with Crippen LogP contribution in [0.4, 0.5) is 0 Å². The van der Waals surface area contributed by atoms with Crippen LogP contribution in [-0.4, -0.2) is 37.2 Å². The van der Waals surface area contributed by atoms with Gasteiger partial charge in [-0.05, 0) is 64.4 Å². The van der Waals surface area contributed by atoms with Crippen molar-refractivity contribution < 1.29 is 17.7 Å². The molecule has 3 aliphatic heterocycles. The molecule has 6 heteroatoms. The third-order valence-electron chi connectivity index (χ3n) is 6.75. The van der Waals surface area contributed by atoms with Gasteiger partial charge in [0.05, 0.1) is 21.7 Å². The van der Waals surface area contributed by atoms with E-state index in [1.165, 1.54) is 11.1 Å². The van der Waals surface area contributed by atoms with E-state index in [9.17, 15) is 8.42 Å². The van der Waals surface area contributed by atoms with Gasteiger partial charge in [0.25, 0.3) is 0 Å². The monoisotopic (exact) mass is 388 g/mol. The molecule has 4 rings (SSSR count). The van der Waals surface area contributed by atoms with Crippen LogP contribution in [0.25, 0.3) is 0 Å². The first-order chi connectivity index (χ1) is 12.6. The van der Waals surface area contributed by atoms with E-state index in [0.29, 0.717) is 6.42 Å². The number of rotatable bonds is 3. The van der Waals surface area contributed by atoms with Crippen molar-refractivity contribution in [2.45, 2.75) is 81.5 Å². The summed E-state index contributed by atoms with van der Waals surface area (Å²) in [5.41, 5.74) is 2.82. The molecule has 0 spiro atoms. The van der Waals surface area contributed by atoms with Crippen LogP contribution in [0.5, 0.6) is 0 Å². The summed E-state index contributed by atoms with van der Waals surface area (Å²) in [6.45, 7) is 8.23. The summed E-state index contributed by atoms with van der Waals surface area (Å²) in [6, 6.07) is 8.36. The maximum atomic E-state index is 12.4. The molecule has 146 valence electrons. The number of hydrogen-bond acceptors (Lipinski definition) is 4. The second-order valence-electron chi connectivity index (χ2n) is 9.22. The average molecular weight is 388 g/mol. The topological polar surface area (TPSA) is 52.6 Å². The zero-order valence-corrected chi connectivity index (χ0v) is 17.5. The molecule has 0 saturated carbocycles. The summed E-state index contributed by atoms with van der Waals surface area (Å²) in [4.78, 5) is 0. The molecular formula is C21H29BO4S. The second kappa shape index (κ2) is 6.46. The van der Waals surface area contributed by atoms with E-state index >= 15 is 0 Å². The molecule has 27 heavy (non-hydrogen) atoms. The van der Waals surface area contributed by atoms with Crippen LogP contribution in [-0.2, 0) is 25.6 Å². The molecule has 0 radical (unpaired) electrons. The average Bonchev–Trinajstić information content (AvgIpc) is 2.77. The highest BCUT2D eigenvalue weighted by molar-refractivity contribution is 7.92. The molecule has 0 N–H and O–H groups in total. The quantitative estimate of drug-likeness (QED) is 0.590. The number of allylic oxidation sites excluding steroid dienone is 1. The van der Waals surface area contributed by atoms with Gasteiger partial charge >= 0.3 is 7.12 Å². The normalized spacial score (nSPS) is 30.8. The highest BCUT2D eigenvalue weighted by Crippen LogP contribution is 2.37. The lowest BCUT2D eigenvalue weighted by Crippen LogP contribution is -2.41. The Labute approximate surface area is 163 Å². The van der Waals surface area contributed by atoms with Crippen LogP contribution in [0.15, 0.2) is 35.9 Å². The van der Waals surface area contributed by atoms with Crippen molar-refractivity contribution in [1.82, 2.24) is 0 Å². The van der Waals surface area contributed by atoms with Crippen LogP contribution in [0, 0.1) is 0 Å².